The lowest BCUT2D eigenvalue weighted by atomic mass is 9.85. The Morgan fingerprint density at radius 2 is 2.20 bits per heavy atom. The average molecular weight is 286 g/mol. The van der Waals surface area contributed by atoms with Crippen molar-refractivity contribution in [3.8, 4) is 0 Å². The first-order valence-corrected chi connectivity index (χ1v) is 8.63. The van der Waals surface area contributed by atoms with Crippen LogP contribution in [0.3, 0.4) is 0 Å². The fourth-order valence-corrected chi connectivity index (χ4v) is 4.91. The maximum atomic E-state index is 3.70. The molecule has 1 N–H and O–H groups in total. The van der Waals surface area contributed by atoms with Crippen LogP contribution in [0.4, 0.5) is 0 Å². The van der Waals surface area contributed by atoms with Crippen LogP contribution in [-0.2, 0) is 6.54 Å². The van der Waals surface area contributed by atoms with Gasteiger partial charge in [0.1, 0.15) is 0 Å². The molecular weight excluding hydrogens is 264 g/mol. The predicted octanol–water partition coefficient (Wildman–Crippen LogP) is 3.48. The first kappa shape index (κ1) is 12.8. The van der Waals surface area contributed by atoms with E-state index in [0.717, 1.165) is 18.5 Å². The number of likely N-dealkylation sites (tertiary alicyclic amines) is 1. The smallest absolute Gasteiger partial charge is 0.0346 e. The summed E-state index contributed by atoms with van der Waals surface area (Å²) in [7, 11) is 0. The summed E-state index contributed by atoms with van der Waals surface area (Å²) in [4.78, 5) is 4.19. The van der Waals surface area contributed by atoms with Crippen molar-refractivity contribution in [3.63, 3.8) is 0 Å². The summed E-state index contributed by atoms with van der Waals surface area (Å²) in [6.07, 6.45) is 4.11. The number of hydrogen-bond donors (Lipinski definition) is 1. The summed E-state index contributed by atoms with van der Waals surface area (Å²) < 4.78 is 1.43. The van der Waals surface area contributed by atoms with Gasteiger partial charge in [-0.25, -0.2) is 0 Å². The fourth-order valence-electron chi connectivity index (χ4n) is 3.80. The molecule has 2 aliphatic rings. The zero-order chi connectivity index (χ0) is 13.4. The van der Waals surface area contributed by atoms with Gasteiger partial charge in [0, 0.05) is 35.3 Å². The number of thiophene rings is 1. The second kappa shape index (κ2) is 5.47. The van der Waals surface area contributed by atoms with Crippen molar-refractivity contribution in [1.29, 1.82) is 0 Å². The second-order valence-corrected chi connectivity index (χ2v) is 7.41. The highest BCUT2D eigenvalue weighted by atomic mass is 32.1. The molecule has 2 fully saturated rings. The first-order valence-electron chi connectivity index (χ1n) is 7.82. The van der Waals surface area contributed by atoms with Gasteiger partial charge in [-0.15, -0.1) is 11.3 Å². The SMILES string of the molecule is c1ccc2sc(CN3CC[C@H]4NCCC[C@H]4C3)cc2c1. The molecule has 0 saturated carbocycles. The lowest BCUT2D eigenvalue weighted by Crippen LogP contribution is -2.51. The van der Waals surface area contributed by atoms with Crippen LogP contribution in [0, 0.1) is 5.92 Å². The van der Waals surface area contributed by atoms with Crippen LogP contribution in [0.25, 0.3) is 10.1 Å². The van der Waals surface area contributed by atoms with E-state index >= 15 is 0 Å². The van der Waals surface area contributed by atoms with E-state index in [1.165, 1.54) is 53.9 Å². The van der Waals surface area contributed by atoms with Crippen LogP contribution in [-0.4, -0.2) is 30.6 Å². The van der Waals surface area contributed by atoms with Gasteiger partial charge in [0.25, 0.3) is 0 Å². The summed E-state index contributed by atoms with van der Waals surface area (Å²) in [5.74, 6) is 0.881. The first-order chi connectivity index (χ1) is 9.88. The van der Waals surface area contributed by atoms with Crippen molar-refractivity contribution in [2.24, 2.45) is 5.92 Å². The molecular formula is C17H22N2S. The molecule has 0 spiro atoms. The predicted molar refractivity (Wildman–Crippen MR) is 86.2 cm³/mol. The lowest BCUT2D eigenvalue weighted by molar-refractivity contribution is 0.110. The van der Waals surface area contributed by atoms with E-state index in [4.69, 9.17) is 0 Å². The number of hydrogen-bond acceptors (Lipinski definition) is 3. The van der Waals surface area contributed by atoms with E-state index in [2.05, 4.69) is 40.5 Å². The Morgan fingerprint density at radius 1 is 1.25 bits per heavy atom. The summed E-state index contributed by atoms with van der Waals surface area (Å²) in [6, 6.07) is 11.9. The second-order valence-electron chi connectivity index (χ2n) is 6.24. The van der Waals surface area contributed by atoms with Crippen LogP contribution in [0.5, 0.6) is 0 Å². The van der Waals surface area contributed by atoms with E-state index in [-0.39, 0.29) is 0 Å². The molecule has 3 heterocycles. The maximum absolute atomic E-state index is 3.70. The average Bonchev–Trinajstić information content (AvgIpc) is 2.89. The van der Waals surface area contributed by atoms with Gasteiger partial charge in [-0.2, -0.15) is 0 Å². The Labute approximate surface area is 124 Å². The Kier molecular flexibility index (Phi) is 3.51. The number of benzene rings is 1. The van der Waals surface area contributed by atoms with Crippen LogP contribution in [0.1, 0.15) is 24.1 Å². The van der Waals surface area contributed by atoms with Crippen molar-refractivity contribution in [3.05, 3.63) is 35.2 Å². The zero-order valence-corrected chi connectivity index (χ0v) is 12.7. The van der Waals surface area contributed by atoms with Gasteiger partial charge in [0.05, 0.1) is 0 Å². The summed E-state index contributed by atoms with van der Waals surface area (Å²) >= 11 is 1.96. The molecule has 2 atom stereocenters. The molecule has 4 rings (SSSR count). The summed E-state index contributed by atoms with van der Waals surface area (Å²) in [6.45, 7) is 4.91. The van der Waals surface area contributed by atoms with Gasteiger partial charge >= 0.3 is 0 Å². The minimum atomic E-state index is 0.794. The third-order valence-corrected chi connectivity index (χ3v) is 5.93. The molecule has 2 aromatic rings. The molecule has 2 nitrogen and oxygen atoms in total. The van der Waals surface area contributed by atoms with Gasteiger partial charge < -0.3 is 5.32 Å². The molecule has 20 heavy (non-hydrogen) atoms. The van der Waals surface area contributed by atoms with Gasteiger partial charge in [-0.1, -0.05) is 18.2 Å². The highest BCUT2D eigenvalue weighted by Crippen LogP contribution is 2.29. The summed E-state index contributed by atoms with van der Waals surface area (Å²) in [5, 5.41) is 5.11. The molecule has 0 radical (unpaired) electrons. The van der Waals surface area contributed by atoms with E-state index in [0.29, 0.717) is 0 Å². The molecule has 1 aromatic carbocycles. The zero-order valence-electron chi connectivity index (χ0n) is 11.8. The topological polar surface area (TPSA) is 15.3 Å². The minimum Gasteiger partial charge on any atom is -0.314 e. The molecule has 2 saturated heterocycles. The molecule has 2 aliphatic heterocycles. The highest BCUT2D eigenvalue weighted by Gasteiger charge is 2.30. The van der Waals surface area contributed by atoms with E-state index in [9.17, 15) is 0 Å². The largest absolute Gasteiger partial charge is 0.314 e. The molecule has 1 aromatic heterocycles. The molecule has 0 bridgehead atoms. The Morgan fingerprint density at radius 3 is 3.15 bits per heavy atom. The van der Waals surface area contributed by atoms with Crippen molar-refractivity contribution >= 4 is 21.4 Å². The third kappa shape index (κ3) is 2.50. The van der Waals surface area contributed by atoms with Gasteiger partial charge in [-0.3, -0.25) is 4.90 Å². The van der Waals surface area contributed by atoms with Crippen molar-refractivity contribution < 1.29 is 0 Å². The van der Waals surface area contributed by atoms with E-state index < -0.39 is 0 Å². The minimum absolute atomic E-state index is 0.794. The number of rotatable bonds is 2. The maximum Gasteiger partial charge on any atom is 0.0346 e. The molecule has 106 valence electrons. The van der Waals surface area contributed by atoms with Crippen molar-refractivity contribution in [2.45, 2.75) is 31.8 Å². The van der Waals surface area contributed by atoms with Crippen LogP contribution in [0.15, 0.2) is 30.3 Å². The number of nitrogens with one attached hydrogen (secondary N) is 1. The van der Waals surface area contributed by atoms with Crippen molar-refractivity contribution in [1.82, 2.24) is 10.2 Å². The van der Waals surface area contributed by atoms with Crippen molar-refractivity contribution in [2.75, 3.05) is 19.6 Å². The Bertz CT molecular complexity index is 558. The van der Waals surface area contributed by atoms with Gasteiger partial charge in [-0.05, 0) is 49.2 Å². The fraction of sp³-hybridized carbons (Fsp3) is 0.529. The molecule has 0 amide bonds. The van der Waals surface area contributed by atoms with Crippen LogP contribution in [0.2, 0.25) is 0 Å². The Balaban J connectivity index is 1.46. The monoisotopic (exact) mass is 286 g/mol. The normalized spacial score (nSPS) is 27.6. The molecule has 0 aliphatic carbocycles. The number of fused-ring (bicyclic) bond motifs is 2. The van der Waals surface area contributed by atoms with Gasteiger partial charge in [0.2, 0.25) is 0 Å². The quantitative estimate of drug-likeness (QED) is 0.909. The third-order valence-electron chi connectivity index (χ3n) is 4.83. The molecule has 3 heteroatoms. The van der Waals surface area contributed by atoms with E-state index in [1.807, 2.05) is 11.3 Å². The lowest BCUT2D eigenvalue weighted by Gasteiger charge is -2.41. The van der Waals surface area contributed by atoms with E-state index in [1.54, 1.807) is 0 Å². The van der Waals surface area contributed by atoms with Crippen LogP contribution < -0.4 is 5.32 Å². The summed E-state index contributed by atoms with van der Waals surface area (Å²) in [5.41, 5.74) is 0. The standard InChI is InChI=1S/C17H22N2S/c1-2-6-17-13(4-1)10-15(20-17)12-19-9-7-16-14(11-19)5-3-8-18-16/h1-2,4,6,10,14,16,18H,3,5,7-9,11-12H2/t14-,16+/m0/s1. The highest BCUT2D eigenvalue weighted by molar-refractivity contribution is 7.19. The molecule has 0 unspecified atom stereocenters. The number of piperidine rings is 2. The van der Waals surface area contributed by atoms with Crippen LogP contribution >= 0.6 is 11.3 Å². The number of nitrogens with zero attached hydrogens (tertiary/aromatic N) is 1. The Hall–Kier alpha value is -0.900. The van der Waals surface area contributed by atoms with Gasteiger partial charge in [0.15, 0.2) is 0 Å².